The zero-order valence-electron chi connectivity index (χ0n) is 8.98. The third kappa shape index (κ3) is 2.16. The van der Waals surface area contributed by atoms with Crippen LogP contribution >= 0.6 is 0 Å². The Labute approximate surface area is 97.3 Å². The Kier molecular flexibility index (Phi) is 3.15. The van der Waals surface area contributed by atoms with Crippen molar-refractivity contribution in [2.45, 2.75) is 6.54 Å². The van der Waals surface area contributed by atoms with E-state index in [1.807, 2.05) is 30.3 Å². The molecule has 2 rings (SSSR count). The van der Waals surface area contributed by atoms with E-state index >= 15 is 0 Å². The first-order chi connectivity index (χ1) is 8.24. The number of rotatable bonds is 4. The molecule has 1 aromatic heterocycles. The Hall–Kier alpha value is -2.21. The van der Waals surface area contributed by atoms with Crippen molar-refractivity contribution >= 4 is 5.82 Å². The molecule has 17 heavy (non-hydrogen) atoms. The number of imidazole rings is 1. The van der Waals surface area contributed by atoms with Gasteiger partial charge in [-0.15, -0.1) is 0 Å². The Balaban J connectivity index is 2.51. The SMILES string of the molecule is O=[N+]([O-])c1cnc(-c2ccccc2)n1CCO. The summed E-state index contributed by atoms with van der Waals surface area (Å²) in [6, 6.07) is 9.16. The van der Waals surface area contributed by atoms with Gasteiger partial charge in [-0.25, -0.2) is 9.55 Å². The minimum Gasteiger partial charge on any atom is -0.392 e. The summed E-state index contributed by atoms with van der Waals surface area (Å²) >= 11 is 0. The van der Waals surface area contributed by atoms with E-state index in [1.54, 1.807) is 0 Å². The van der Waals surface area contributed by atoms with E-state index in [0.717, 1.165) is 5.56 Å². The highest BCUT2D eigenvalue weighted by atomic mass is 16.6. The summed E-state index contributed by atoms with van der Waals surface area (Å²) in [6.07, 6.45) is 1.21. The first-order valence-electron chi connectivity index (χ1n) is 5.10. The molecule has 1 heterocycles. The van der Waals surface area contributed by atoms with Gasteiger partial charge in [0.2, 0.25) is 5.82 Å². The summed E-state index contributed by atoms with van der Waals surface area (Å²) < 4.78 is 1.40. The van der Waals surface area contributed by atoms with Crippen molar-refractivity contribution in [3.63, 3.8) is 0 Å². The number of benzene rings is 1. The van der Waals surface area contributed by atoms with E-state index in [0.29, 0.717) is 5.82 Å². The lowest BCUT2D eigenvalue weighted by Gasteiger charge is -2.02. The molecule has 0 aliphatic heterocycles. The second kappa shape index (κ2) is 4.75. The summed E-state index contributed by atoms with van der Waals surface area (Å²) in [7, 11) is 0. The van der Waals surface area contributed by atoms with Crippen LogP contribution in [0, 0.1) is 10.1 Å². The molecule has 88 valence electrons. The van der Waals surface area contributed by atoms with E-state index in [-0.39, 0.29) is 19.0 Å². The number of hydrogen-bond donors (Lipinski definition) is 1. The lowest BCUT2D eigenvalue weighted by atomic mass is 10.2. The third-order valence-corrected chi connectivity index (χ3v) is 2.38. The second-order valence-electron chi connectivity index (χ2n) is 3.44. The average molecular weight is 233 g/mol. The highest BCUT2D eigenvalue weighted by molar-refractivity contribution is 5.57. The lowest BCUT2D eigenvalue weighted by molar-refractivity contribution is -0.392. The van der Waals surface area contributed by atoms with Crippen molar-refractivity contribution in [2.24, 2.45) is 0 Å². The molecular weight excluding hydrogens is 222 g/mol. The molecule has 0 bridgehead atoms. The van der Waals surface area contributed by atoms with Crippen LogP contribution in [0.2, 0.25) is 0 Å². The van der Waals surface area contributed by atoms with Crippen LogP contribution in [-0.4, -0.2) is 26.2 Å². The van der Waals surface area contributed by atoms with Crippen LogP contribution < -0.4 is 0 Å². The minimum absolute atomic E-state index is 0.113. The van der Waals surface area contributed by atoms with Crippen molar-refractivity contribution in [3.8, 4) is 11.4 Å². The van der Waals surface area contributed by atoms with Crippen LogP contribution in [0.25, 0.3) is 11.4 Å². The van der Waals surface area contributed by atoms with Crippen LogP contribution in [0.4, 0.5) is 5.82 Å². The molecule has 0 fully saturated rings. The van der Waals surface area contributed by atoms with Crippen molar-refractivity contribution < 1.29 is 10.0 Å². The maximum atomic E-state index is 10.8. The largest absolute Gasteiger partial charge is 0.392 e. The van der Waals surface area contributed by atoms with E-state index in [4.69, 9.17) is 5.11 Å². The van der Waals surface area contributed by atoms with Gasteiger partial charge in [-0.3, -0.25) is 0 Å². The first-order valence-corrected chi connectivity index (χ1v) is 5.10. The molecule has 1 N–H and O–H groups in total. The van der Waals surface area contributed by atoms with Gasteiger partial charge in [0.15, 0.2) is 0 Å². The third-order valence-electron chi connectivity index (χ3n) is 2.38. The molecule has 0 atom stereocenters. The number of aliphatic hydroxyl groups is 1. The van der Waals surface area contributed by atoms with E-state index < -0.39 is 4.92 Å². The Morgan fingerprint density at radius 2 is 2.06 bits per heavy atom. The fourth-order valence-corrected chi connectivity index (χ4v) is 1.65. The van der Waals surface area contributed by atoms with Crippen LogP contribution in [0.15, 0.2) is 36.5 Å². The summed E-state index contributed by atoms with van der Waals surface area (Å²) in [6.45, 7) is -0.0163. The van der Waals surface area contributed by atoms with Gasteiger partial charge in [0.25, 0.3) is 0 Å². The van der Waals surface area contributed by atoms with Crippen LogP contribution in [-0.2, 0) is 6.54 Å². The molecule has 0 aliphatic carbocycles. The lowest BCUT2D eigenvalue weighted by Crippen LogP contribution is -2.07. The molecule has 0 saturated carbocycles. The highest BCUT2D eigenvalue weighted by Crippen LogP contribution is 2.23. The molecule has 0 unspecified atom stereocenters. The van der Waals surface area contributed by atoms with Gasteiger partial charge in [0, 0.05) is 5.56 Å². The Bertz CT molecular complexity index is 522. The monoisotopic (exact) mass is 233 g/mol. The van der Waals surface area contributed by atoms with Gasteiger partial charge in [0.05, 0.1) is 6.61 Å². The van der Waals surface area contributed by atoms with E-state index in [1.165, 1.54) is 10.8 Å². The van der Waals surface area contributed by atoms with Crippen molar-refractivity contribution in [1.82, 2.24) is 9.55 Å². The summed E-state index contributed by atoms with van der Waals surface area (Å²) in [5.41, 5.74) is 0.786. The van der Waals surface area contributed by atoms with Gasteiger partial charge in [-0.05, 0) is 17.1 Å². The number of aliphatic hydroxyl groups excluding tert-OH is 1. The number of aromatic nitrogens is 2. The Morgan fingerprint density at radius 3 is 2.65 bits per heavy atom. The van der Waals surface area contributed by atoms with E-state index in [9.17, 15) is 10.1 Å². The van der Waals surface area contributed by atoms with Gasteiger partial charge >= 0.3 is 5.82 Å². The topological polar surface area (TPSA) is 81.2 Å². The predicted molar refractivity (Wildman–Crippen MR) is 61.4 cm³/mol. The molecule has 6 nitrogen and oxygen atoms in total. The van der Waals surface area contributed by atoms with Crippen LogP contribution in [0.5, 0.6) is 0 Å². The predicted octanol–water partition coefficient (Wildman–Crippen LogP) is 1.45. The molecule has 2 aromatic rings. The summed E-state index contributed by atoms with van der Waals surface area (Å²) in [4.78, 5) is 14.3. The van der Waals surface area contributed by atoms with Crippen molar-refractivity contribution in [1.29, 1.82) is 0 Å². The maximum absolute atomic E-state index is 10.8. The fraction of sp³-hybridized carbons (Fsp3) is 0.182. The maximum Gasteiger partial charge on any atom is 0.343 e. The smallest absolute Gasteiger partial charge is 0.343 e. The number of nitro groups is 1. The molecule has 0 saturated heterocycles. The molecule has 6 heteroatoms. The van der Waals surface area contributed by atoms with Gasteiger partial charge in [-0.2, -0.15) is 0 Å². The van der Waals surface area contributed by atoms with Crippen LogP contribution in [0.3, 0.4) is 0 Å². The zero-order chi connectivity index (χ0) is 12.3. The first kappa shape index (κ1) is 11.3. The summed E-state index contributed by atoms with van der Waals surface area (Å²) in [5, 5.41) is 19.7. The zero-order valence-corrected chi connectivity index (χ0v) is 8.98. The number of nitrogens with zero attached hydrogens (tertiary/aromatic N) is 3. The number of hydrogen-bond acceptors (Lipinski definition) is 4. The highest BCUT2D eigenvalue weighted by Gasteiger charge is 2.20. The van der Waals surface area contributed by atoms with Gasteiger partial charge < -0.3 is 15.2 Å². The average Bonchev–Trinajstić information content (AvgIpc) is 2.75. The molecule has 0 radical (unpaired) electrons. The summed E-state index contributed by atoms with van der Waals surface area (Å²) in [5.74, 6) is 0.379. The quantitative estimate of drug-likeness (QED) is 0.640. The second-order valence-corrected chi connectivity index (χ2v) is 3.44. The van der Waals surface area contributed by atoms with Crippen molar-refractivity contribution in [3.05, 3.63) is 46.6 Å². The van der Waals surface area contributed by atoms with Crippen LogP contribution in [0.1, 0.15) is 0 Å². The molecule has 0 aliphatic rings. The van der Waals surface area contributed by atoms with Crippen molar-refractivity contribution in [2.75, 3.05) is 6.61 Å². The van der Waals surface area contributed by atoms with Gasteiger partial charge in [0.1, 0.15) is 12.7 Å². The molecular formula is C11H11N3O3. The molecule has 0 spiro atoms. The molecule has 0 amide bonds. The fourth-order valence-electron chi connectivity index (χ4n) is 1.65. The van der Waals surface area contributed by atoms with Gasteiger partial charge in [-0.1, -0.05) is 18.2 Å². The standard InChI is InChI=1S/C11H11N3O3/c15-7-6-13-10(14(16)17)8-12-11(13)9-4-2-1-3-5-9/h1-5,8,15H,6-7H2. The van der Waals surface area contributed by atoms with E-state index in [2.05, 4.69) is 4.98 Å². The normalized spacial score (nSPS) is 10.4. The minimum atomic E-state index is -0.505. The molecule has 1 aromatic carbocycles. The Morgan fingerprint density at radius 1 is 1.35 bits per heavy atom.